The summed E-state index contributed by atoms with van der Waals surface area (Å²) in [5.74, 6) is 0.876. The second-order valence-electron chi connectivity index (χ2n) is 5.28. The quantitative estimate of drug-likeness (QED) is 0.685. The highest BCUT2D eigenvalue weighted by atomic mass is 16.5. The van der Waals surface area contributed by atoms with Gasteiger partial charge in [-0.1, -0.05) is 19.4 Å². The zero-order valence-electron chi connectivity index (χ0n) is 12.4. The summed E-state index contributed by atoms with van der Waals surface area (Å²) in [4.78, 5) is 14.1. The van der Waals surface area contributed by atoms with Crippen molar-refractivity contribution in [3.8, 4) is 0 Å². The number of hydrogen-bond acceptors (Lipinski definition) is 3. The van der Waals surface area contributed by atoms with Gasteiger partial charge in [0.1, 0.15) is 0 Å². The summed E-state index contributed by atoms with van der Waals surface area (Å²) in [7, 11) is 1.71. The van der Waals surface area contributed by atoms with Gasteiger partial charge in [0.05, 0.1) is 6.61 Å². The van der Waals surface area contributed by atoms with Crippen molar-refractivity contribution < 1.29 is 9.53 Å². The molecule has 4 nitrogen and oxygen atoms in total. The predicted octanol–water partition coefficient (Wildman–Crippen LogP) is 1.95. The van der Waals surface area contributed by atoms with Crippen molar-refractivity contribution in [2.24, 2.45) is 11.7 Å². The highest BCUT2D eigenvalue weighted by Crippen LogP contribution is 2.17. The third-order valence-corrected chi connectivity index (χ3v) is 3.90. The molecule has 1 aliphatic heterocycles. The van der Waals surface area contributed by atoms with E-state index >= 15 is 0 Å². The average molecular weight is 268 g/mol. The Labute approximate surface area is 117 Å². The van der Waals surface area contributed by atoms with Crippen molar-refractivity contribution in [2.45, 2.75) is 39.0 Å². The second-order valence-corrected chi connectivity index (χ2v) is 5.28. The first-order chi connectivity index (χ1) is 9.21. The minimum absolute atomic E-state index is 0.281. The van der Waals surface area contributed by atoms with Crippen LogP contribution in [0.4, 0.5) is 0 Å². The number of carbonyl (C=O) groups is 1. The molecule has 110 valence electrons. The molecule has 0 saturated heterocycles. The van der Waals surface area contributed by atoms with E-state index in [9.17, 15) is 4.79 Å². The second kappa shape index (κ2) is 9.10. The Hall–Kier alpha value is -0.870. The van der Waals surface area contributed by atoms with Crippen LogP contribution < -0.4 is 5.73 Å². The largest absolute Gasteiger partial charge is 0.380 e. The van der Waals surface area contributed by atoms with Crippen LogP contribution in [0.5, 0.6) is 0 Å². The molecule has 19 heavy (non-hydrogen) atoms. The number of carbonyl (C=O) groups excluding carboxylic acids is 1. The first kappa shape index (κ1) is 16.2. The van der Waals surface area contributed by atoms with Crippen LogP contribution in [-0.4, -0.2) is 44.2 Å². The van der Waals surface area contributed by atoms with Gasteiger partial charge < -0.3 is 15.4 Å². The fourth-order valence-electron chi connectivity index (χ4n) is 2.53. The molecule has 1 rings (SSSR count). The van der Waals surface area contributed by atoms with Gasteiger partial charge in [-0.05, 0) is 37.3 Å². The van der Waals surface area contributed by atoms with Crippen LogP contribution in [0, 0.1) is 5.92 Å². The maximum absolute atomic E-state index is 12.1. The molecule has 0 saturated carbocycles. The van der Waals surface area contributed by atoms with Crippen molar-refractivity contribution in [1.82, 2.24) is 4.90 Å². The molecule has 0 fully saturated rings. The lowest BCUT2D eigenvalue weighted by Gasteiger charge is -2.27. The van der Waals surface area contributed by atoms with Crippen LogP contribution in [0.25, 0.3) is 0 Å². The van der Waals surface area contributed by atoms with Crippen LogP contribution in [0.15, 0.2) is 11.6 Å². The van der Waals surface area contributed by atoms with E-state index in [1.165, 1.54) is 5.57 Å². The minimum atomic E-state index is 0.281. The molecule has 1 amide bonds. The number of ether oxygens (including phenoxy) is 1. The number of rotatable bonds is 8. The van der Waals surface area contributed by atoms with Crippen molar-refractivity contribution in [2.75, 3.05) is 33.4 Å². The summed E-state index contributed by atoms with van der Waals surface area (Å²) in [6, 6.07) is 0. The number of nitrogens with zero attached hydrogens (tertiary/aromatic N) is 1. The van der Waals surface area contributed by atoms with Gasteiger partial charge in [-0.25, -0.2) is 0 Å². The monoisotopic (exact) mass is 268 g/mol. The van der Waals surface area contributed by atoms with Gasteiger partial charge in [0, 0.05) is 26.6 Å². The third-order valence-electron chi connectivity index (χ3n) is 3.90. The molecular formula is C15H28N2O2. The van der Waals surface area contributed by atoms with Crippen LogP contribution in [-0.2, 0) is 9.53 Å². The standard InChI is InChI=1S/C15H28N2O2/c1-3-13(6-9-16)4-5-15(18)17-10-7-14(8-11-17)12-19-2/h7,13H,3-6,8-12,16H2,1-2H3. The van der Waals surface area contributed by atoms with Gasteiger partial charge in [0.2, 0.25) is 5.91 Å². The molecule has 0 aromatic rings. The molecule has 0 aromatic heterocycles. The van der Waals surface area contributed by atoms with E-state index in [0.29, 0.717) is 18.9 Å². The van der Waals surface area contributed by atoms with Crippen LogP contribution in [0.1, 0.15) is 39.0 Å². The van der Waals surface area contributed by atoms with E-state index in [2.05, 4.69) is 13.0 Å². The Balaban J connectivity index is 2.31. The fraction of sp³-hybridized carbons (Fsp3) is 0.800. The summed E-state index contributed by atoms with van der Waals surface area (Å²) in [6.07, 6.45) is 6.84. The van der Waals surface area contributed by atoms with Crippen molar-refractivity contribution in [1.29, 1.82) is 0 Å². The van der Waals surface area contributed by atoms with Gasteiger partial charge in [-0.3, -0.25) is 4.79 Å². The first-order valence-corrected chi connectivity index (χ1v) is 7.35. The Bertz CT molecular complexity index is 303. The van der Waals surface area contributed by atoms with Crippen LogP contribution in [0.3, 0.4) is 0 Å². The molecule has 1 heterocycles. The predicted molar refractivity (Wildman–Crippen MR) is 77.8 cm³/mol. The van der Waals surface area contributed by atoms with Crippen molar-refractivity contribution in [3.63, 3.8) is 0 Å². The van der Waals surface area contributed by atoms with Gasteiger partial charge in [-0.2, -0.15) is 0 Å². The van der Waals surface area contributed by atoms with Gasteiger partial charge in [-0.15, -0.1) is 0 Å². The Morgan fingerprint density at radius 2 is 2.32 bits per heavy atom. The van der Waals surface area contributed by atoms with E-state index < -0.39 is 0 Å². The Morgan fingerprint density at radius 1 is 1.53 bits per heavy atom. The topological polar surface area (TPSA) is 55.6 Å². The summed E-state index contributed by atoms with van der Waals surface area (Å²) < 4.78 is 5.11. The smallest absolute Gasteiger partial charge is 0.222 e. The van der Waals surface area contributed by atoms with Crippen molar-refractivity contribution in [3.05, 3.63) is 11.6 Å². The third kappa shape index (κ3) is 5.74. The summed E-state index contributed by atoms with van der Waals surface area (Å²) in [5, 5.41) is 0. The highest BCUT2D eigenvalue weighted by Gasteiger charge is 2.18. The first-order valence-electron chi connectivity index (χ1n) is 7.35. The zero-order valence-corrected chi connectivity index (χ0v) is 12.4. The maximum atomic E-state index is 12.1. The van der Waals surface area contributed by atoms with Crippen molar-refractivity contribution >= 4 is 5.91 Å². The molecule has 1 unspecified atom stereocenters. The summed E-state index contributed by atoms with van der Waals surface area (Å²) in [5.41, 5.74) is 6.89. The molecule has 0 radical (unpaired) electrons. The molecule has 0 aliphatic carbocycles. The van der Waals surface area contributed by atoms with E-state index in [1.54, 1.807) is 7.11 Å². The molecule has 0 aromatic carbocycles. The molecule has 1 aliphatic rings. The van der Waals surface area contributed by atoms with E-state index in [-0.39, 0.29) is 5.91 Å². The molecule has 4 heteroatoms. The van der Waals surface area contributed by atoms with E-state index in [0.717, 1.165) is 45.3 Å². The maximum Gasteiger partial charge on any atom is 0.222 e. The molecular weight excluding hydrogens is 240 g/mol. The molecule has 0 bridgehead atoms. The Morgan fingerprint density at radius 3 is 2.84 bits per heavy atom. The highest BCUT2D eigenvalue weighted by molar-refractivity contribution is 5.76. The van der Waals surface area contributed by atoms with Crippen LogP contribution in [0.2, 0.25) is 0 Å². The number of amides is 1. The molecule has 2 N–H and O–H groups in total. The van der Waals surface area contributed by atoms with Crippen LogP contribution >= 0.6 is 0 Å². The lowest BCUT2D eigenvalue weighted by Crippen LogP contribution is -2.35. The van der Waals surface area contributed by atoms with Gasteiger partial charge in [0.25, 0.3) is 0 Å². The molecule has 0 spiro atoms. The fourth-order valence-corrected chi connectivity index (χ4v) is 2.53. The summed E-state index contributed by atoms with van der Waals surface area (Å²) in [6.45, 7) is 5.16. The molecule has 1 atom stereocenters. The number of methoxy groups -OCH3 is 1. The minimum Gasteiger partial charge on any atom is -0.380 e. The van der Waals surface area contributed by atoms with E-state index in [1.807, 2.05) is 4.90 Å². The van der Waals surface area contributed by atoms with E-state index in [4.69, 9.17) is 10.5 Å². The number of nitrogens with two attached hydrogens (primary N) is 1. The normalized spacial score (nSPS) is 17.2. The zero-order chi connectivity index (χ0) is 14.1. The lowest BCUT2D eigenvalue weighted by molar-refractivity contribution is -0.131. The summed E-state index contributed by atoms with van der Waals surface area (Å²) >= 11 is 0. The van der Waals surface area contributed by atoms with Gasteiger partial charge in [0.15, 0.2) is 0 Å². The lowest BCUT2D eigenvalue weighted by atomic mass is 9.96. The number of hydrogen-bond donors (Lipinski definition) is 1. The Kier molecular flexibility index (Phi) is 7.75. The van der Waals surface area contributed by atoms with Gasteiger partial charge >= 0.3 is 0 Å². The SMILES string of the molecule is CCC(CCN)CCC(=O)N1CC=C(COC)CC1. The average Bonchev–Trinajstić information content (AvgIpc) is 2.44.